The van der Waals surface area contributed by atoms with Crippen molar-refractivity contribution < 1.29 is 0 Å². The third-order valence-electron chi connectivity index (χ3n) is 2.89. The largest absolute Gasteiger partial charge is 0.362 e. The highest BCUT2D eigenvalue weighted by Crippen LogP contribution is 2.32. The van der Waals surface area contributed by atoms with Gasteiger partial charge in [0.15, 0.2) is 0 Å². The molecule has 0 bridgehead atoms. The highest BCUT2D eigenvalue weighted by molar-refractivity contribution is 5.96. The van der Waals surface area contributed by atoms with Crippen LogP contribution in [0.3, 0.4) is 0 Å². The molecule has 3 heterocycles. The number of rotatable bonds is 2. The van der Waals surface area contributed by atoms with Crippen molar-refractivity contribution in [3.8, 4) is 11.1 Å². The van der Waals surface area contributed by atoms with E-state index in [-0.39, 0.29) is 0 Å². The van der Waals surface area contributed by atoms with E-state index < -0.39 is 0 Å². The Morgan fingerprint density at radius 3 is 2.94 bits per heavy atom. The zero-order valence-corrected chi connectivity index (χ0v) is 10.3. The molecule has 1 N–H and O–H groups in total. The van der Waals surface area contributed by atoms with E-state index in [0.717, 1.165) is 28.0 Å². The Morgan fingerprint density at radius 1 is 1.22 bits per heavy atom. The molecule has 89 valence electrons. The minimum Gasteiger partial charge on any atom is -0.362 e. The van der Waals surface area contributed by atoms with Crippen molar-refractivity contribution in [2.45, 2.75) is 0 Å². The summed E-state index contributed by atoms with van der Waals surface area (Å²) in [5.74, 6) is 0.929. The van der Waals surface area contributed by atoms with Crippen LogP contribution < -0.4 is 4.90 Å². The number of nitrogens with zero attached hydrogens (tertiary/aromatic N) is 3. The van der Waals surface area contributed by atoms with Crippen LogP contribution in [0.2, 0.25) is 0 Å². The Morgan fingerprint density at radius 2 is 2.11 bits per heavy atom. The summed E-state index contributed by atoms with van der Waals surface area (Å²) >= 11 is 0. The molecule has 0 unspecified atom stereocenters. The van der Waals surface area contributed by atoms with Gasteiger partial charge in [0.2, 0.25) is 0 Å². The molecule has 3 aromatic heterocycles. The second-order valence-corrected chi connectivity index (χ2v) is 4.30. The van der Waals surface area contributed by atoms with Gasteiger partial charge in [-0.1, -0.05) is 0 Å². The van der Waals surface area contributed by atoms with Crippen LogP contribution in [0.15, 0.2) is 36.8 Å². The summed E-state index contributed by atoms with van der Waals surface area (Å²) < 4.78 is 0. The molecular weight excluding hydrogens is 224 g/mol. The highest BCUT2D eigenvalue weighted by atomic mass is 15.1. The van der Waals surface area contributed by atoms with E-state index in [1.54, 1.807) is 12.4 Å². The molecular formula is C14H13N4. The van der Waals surface area contributed by atoms with E-state index in [2.05, 4.69) is 27.1 Å². The Hall–Kier alpha value is -2.36. The highest BCUT2D eigenvalue weighted by Gasteiger charge is 2.12. The number of hydrogen-bond donors (Lipinski definition) is 1. The predicted molar refractivity (Wildman–Crippen MR) is 72.5 cm³/mol. The SMILES string of the molecule is CN(C)c1nc[c]cc1-c1c[nH]c2ncccc12. The number of pyridine rings is 2. The number of nitrogens with one attached hydrogen (secondary N) is 1. The average molecular weight is 237 g/mol. The lowest BCUT2D eigenvalue weighted by molar-refractivity contribution is 1.07. The van der Waals surface area contributed by atoms with Gasteiger partial charge in [-0.3, -0.25) is 0 Å². The third kappa shape index (κ3) is 1.62. The molecule has 3 aromatic rings. The first kappa shape index (κ1) is 10.8. The molecule has 18 heavy (non-hydrogen) atoms. The molecule has 0 aliphatic heterocycles. The van der Waals surface area contributed by atoms with Gasteiger partial charge in [0.1, 0.15) is 11.5 Å². The predicted octanol–water partition coefficient (Wildman–Crippen LogP) is 2.49. The molecule has 0 atom stereocenters. The minimum absolute atomic E-state index is 0.890. The minimum atomic E-state index is 0.890. The van der Waals surface area contributed by atoms with Crippen LogP contribution in [-0.2, 0) is 0 Å². The topological polar surface area (TPSA) is 44.8 Å². The van der Waals surface area contributed by atoms with Gasteiger partial charge in [0.25, 0.3) is 0 Å². The lowest BCUT2D eigenvalue weighted by atomic mass is 10.1. The Kier molecular flexibility index (Phi) is 2.48. The number of aromatic amines is 1. The summed E-state index contributed by atoms with van der Waals surface area (Å²) in [6.45, 7) is 0. The first-order chi connectivity index (χ1) is 8.77. The molecule has 4 heteroatoms. The molecule has 0 fully saturated rings. The quantitative estimate of drug-likeness (QED) is 0.744. The molecule has 0 aliphatic rings. The zero-order chi connectivity index (χ0) is 12.5. The lowest BCUT2D eigenvalue weighted by Gasteiger charge is -2.15. The summed E-state index contributed by atoms with van der Waals surface area (Å²) in [5.41, 5.74) is 3.05. The molecule has 1 radical (unpaired) electrons. The lowest BCUT2D eigenvalue weighted by Crippen LogP contribution is -2.11. The summed E-state index contributed by atoms with van der Waals surface area (Å²) in [5, 5.41) is 1.10. The Bertz CT molecular complexity index is 685. The smallest absolute Gasteiger partial charge is 0.137 e. The molecule has 0 saturated carbocycles. The van der Waals surface area contributed by atoms with Crippen LogP contribution in [0.1, 0.15) is 0 Å². The summed E-state index contributed by atoms with van der Waals surface area (Å²) in [4.78, 5) is 13.9. The maximum absolute atomic E-state index is 4.38. The monoisotopic (exact) mass is 237 g/mol. The van der Waals surface area contributed by atoms with Gasteiger partial charge in [-0.15, -0.1) is 0 Å². The van der Waals surface area contributed by atoms with E-state index in [1.807, 2.05) is 37.3 Å². The molecule has 0 amide bonds. The van der Waals surface area contributed by atoms with Crippen molar-refractivity contribution in [2.24, 2.45) is 0 Å². The summed E-state index contributed by atoms with van der Waals surface area (Å²) in [7, 11) is 3.97. The number of hydrogen-bond acceptors (Lipinski definition) is 3. The van der Waals surface area contributed by atoms with E-state index >= 15 is 0 Å². The second-order valence-electron chi connectivity index (χ2n) is 4.30. The molecule has 0 aliphatic carbocycles. The molecule has 0 saturated heterocycles. The Balaban J connectivity index is 2.27. The van der Waals surface area contributed by atoms with Crippen LogP contribution in [0.25, 0.3) is 22.2 Å². The van der Waals surface area contributed by atoms with Crippen LogP contribution in [0.4, 0.5) is 5.82 Å². The van der Waals surface area contributed by atoms with Crippen molar-refractivity contribution in [1.29, 1.82) is 0 Å². The first-order valence-corrected chi connectivity index (χ1v) is 5.73. The van der Waals surface area contributed by atoms with Crippen molar-refractivity contribution in [1.82, 2.24) is 15.0 Å². The van der Waals surface area contributed by atoms with Crippen molar-refractivity contribution in [3.05, 3.63) is 42.9 Å². The van der Waals surface area contributed by atoms with E-state index in [9.17, 15) is 0 Å². The maximum Gasteiger partial charge on any atom is 0.137 e. The van der Waals surface area contributed by atoms with Crippen LogP contribution in [0, 0.1) is 6.07 Å². The van der Waals surface area contributed by atoms with Gasteiger partial charge >= 0.3 is 0 Å². The van der Waals surface area contributed by atoms with Gasteiger partial charge in [-0.2, -0.15) is 0 Å². The fourth-order valence-electron chi connectivity index (χ4n) is 2.09. The fourth-order valence-corrected chi connectivity index (χ4v) is 2.09. The van der Waals surface area contributed by atoms with Gasteiger partial charge in [-0.25, -0.2) is 9.97 Å². The van der Waals surface area contributed by atoms with E-state index in [1.165, 1.54) is 0 Å². The molecule has 4 nitrogen and oxygen atoms in total. The molecule has 0 aromatic carbocycles. The van der Waals surface area contributed by atoms with Gasteiger partial charge in [0, 0.05) is 55.3 Å². The van der Waals surface area contributed by atoms with Crippen molar-refractivity contribution >= 4 is 16.9 Å². The standard InChI is InChI=1S/C14H13N4/c1-18(2)14-11(6-4-8-16-14)12-9-17-13-10(12)5-3-7-15-13/h3,5-9H,1-2H3,(H,15,17). The maximum atomic E-state index is 4.38. The summed E-state index contributed by atoms with van der Waals surface area (Å²) in [6, 6.07) is 8.99. The average Bonchev–Trinajstić information content (AvgIpc) is 2.82. The molecule has 3 rings (SSSR count). The normalized spacial score (nSPS) is 10.8. The zero-order valence-electron chi connectivity index (χ0n) is 10.3. The van der Waals surface area contributed by atoms with Gasteiger partial charge < -0.3 is 9.88 Å². The third-order valence-corrected chi connectivity index (χ3v) is 2.89. The van der Waals surface area contributed by atoms with E-state index in [4.69, 9.17) is 0 Å². The fraction of sp³-hybridized carbons (Fsp3) is 0.143. The van der Waals surface area contributed by atoms with Crippen LogP contribution in [0.5, 0.6) is 0 Å². The van der Waals surface area contributed by atoms with Gasteiger partial charge in [-0.05, 0) is 18.2 Å². The number of anilines is 1. The van der Waals surface area contributed by atoms with E-state index in [0.29, 0.717) is 0 Å². The first-order valence-electron chi connectivity index (χ1n) is 5.73. The van der Waals surface area contributed by atoms with Gasteiger partial charge in [0.05, 0.1) is 0 Å². The number of aromatic nitrogens is 3. The van der Waals surface area contributed by atoms with Crippen molar-refractivity contribution in [2.75, 3.05) is 19.0 Å². The summed E-state index contributed by atoms with van der Waals surface area (Å²) in [6.07, 6.45) is 5.44. The van der Waals surface area contributed by atoms with Crippen LogP contribution >= 0.6 is 0 Å². The molecule has 0 spiro atoms. The number of fused-ring (bicyclic) bond motifs is 1. The Labute approximate surface area is 105 Å². The van der Waals surface area contributed by atoms with Crippen molar-refractivity contribution in [3.63, 3.8) is 0 Å². The number of H-pyrrole nitrogens is 1. The van der Waals surface area contributed by atoms with Crippen LogP contribution in [-0.4, -0.2) is 29.0 Å². The second kappa shape index (κ2) is 4.14.